The first-order chi connectivity index (χ1) is 10.2. The molecule has 0 saturated heterocycles. The summed E-state index contributed by atoms with van der Waals surface area (Å²) in [4.78, 5) is 0. The van der Waals surface area contributed by atoms with Crippen LogP contribution in [0.3, 0.4) is 0 Å². The molecule has 0 saturated carbocycles. The van der Waals surface area contributed by atoms with Crippen LogP contribution in [0.25, 0.3) is 5.57 Å². The van der Waals surface area contributed by atoms with E-state index < -0.39 is 0 Å². The molecule has 0 aromatic carbocycles. The van der Waals surface area contributed by atoms with E-state index >= 15 is 0 Å². The van der Waals surface area contributed by atoms with Crippen LogP contribution >= 0.6 is 0 Å². The van der Waals surface area contributed by atoms with Gasteiger partial charge in [0.15, 0.2) is 0 Å². The van der Waals surface area contributed by atoms with Gasteiger partial charge < -0.3 is 4.42 Å². The van der Waals surface area contributed by atoms with Crippen molar-refractivity contribution >= 4 is 5.57 Å². The van der Waals surface area contributed by atoms with E-state index in [9.17, 15) is 0 Å². The van der Waals surface area contributed by atoms with Crippen molar-refractivity contribution in [2.24, 2.45) is 0 Å². The summed E-state index contributed by atoms with van der Waals surface area (Å²) >= 11 is 0. The smallest absolute Gasteiger partial charge is 0.133 e. The van der Waals surface area contributed by atoms with Crippen molar-refractivity contribution in [3.8, 4) is 11.8 Å². The summed E-state index contributed by atoms with van der Waals surface area (Å²) in [5.74, 6) is 7.45. The van der Waals surface area contributed by atoms with Crippen molar-refractivity contribution in [3.63, 3.8) is 0 Å². The fourth-order valence-electron chi connectivity index (χ4n) is 1.89. The average molecular weight is 286 g/mol. The second-order valence-corrected chi connectivity index (χ2v) is 4.82. The molecule has 1 aromatic rings. The normalized spacial score (nSPS) is 10.8. The number of furan rings is 1. The molecule has 0 aliphatic carbocycles. The lowest BCUT2D eigenvalue weighted by molar-refractivity contribution is 0.485. The second-order valence-electron chi connectivity index (χ2n) is 4.82. The fraction of sp³-hybridized carbons (Fsp3) is 0.500. The van der Waals surface area contributed by atoms with Crippen molar-refractivity contribution in [2.45, 2.75) is 66.7 Å². The fourth-order valence-corrected chi connectivity index (χ4v) is 1.89. The maximum atomic E-state index is 5.85. The molecule has 1 nitrogen and oxygen atoms in total. The van der Waals surface area contributed by atoms with E-state index in [2.05, 4.69) is 43.0 Å². The zero-order chi connectivity index (χ0) is 15.9. The van der Waals surface area contributed by atoms with Crippen LogP contribution in [0.15, 0.2) is 34.8 Å². The monoisotopic (exact) mass is 286 g/mol. The molecule has 0 spiro atoms. The lowest BCUT2D eigenvalue weighted by Crippen LogP contribution is -1.82. The Labute approximate surface area is 131 Å². The molecule has 0 radical (unpaired) electrons. The van der Waals surface area contributed by atoms with Crippen LogP contribution in [0, 0.1) is 11.8 Å². The lowest BCUT2D eigenvalue weighted by Gasteiger charge is -1.98. The van der Waals surface area contributed by atoms with E-state index in [4.69, 9.17) is 4.42 Å². The number of rotatable bonds is 7. The lowest BCUT2D eigenvalue weighted by atomic mass is 10.1. The van der Waals surface area contributed by atoms with E-state index in [1.54, 1.807) is 0 Å². The van der Waals surface area contributed by atoms with E-state index in [-0.39, 0.29) is 0 Å². The minimum atomic E-state index is 0.982. The van der Waals surface area contributed by atoms with Gasteiger partial charge in [0.25, 0.3) is 0 Å². The van der Waals surface area contributed by atoms with Crippen LogP contribution in [-0.4, -0.2) is 0 Å². The van der Waals surface area contributed by atoms with Crippen LogP contribution in [-0.2, 0) is 6.42 Å². The summed E-state index contributed by atoms with van der Waals surface area (Å²) in [6, 6.07) is 4.18. The predicted octanol–water partition coefficient (Wildman–Crippen LogP) is 6.41. The Morgan fingerprint density at radius 2 is 1.81 bits per heavy atom. The Bertz CT molecular complexity index is 471. The first kappa shape index (κ1) is 19.3. The second kappa shape index (κ2) is 13.3. The van der Waals surface area contributed by atoms with Gasteiger partial charge in [0.2, 0.25) is 0 Å². The van der Waals surface area contributed by atoms with Crippen LogP contribution in [0.4, 0.5) is 0 Å². The molecular weight excluding hydrogens is 256 g/mol. The summed E-state index contributed by atoms with van der Waals surface area (Å²) in [7, 11) is 0. The van der Waals surface area contributed by atoms with Crippen molar-refractivity contribution < 1.29 is 4.42 Å². The van der Waals surface area contributed by atoms with Crippen LogP contribution in [0.5, 0.6) is 0 Å². The van der Waals surface area contributed by atoms with Gasteiger partial charge in [0.1, 0.15) is 11.5 Å². The van der Waals surface area contributed by atoms with Crippen molar-refractivity contribution in [3.05, 3.63) is 41.9 Å². The molecule has 116 valence electrons. The number of unbranched alkanes of at least 4 members (excludes halogenated alkanes) is 3. The SMILES string of the molecule is C/C=C\C(=C/C)c1ccc(CCCCCC)o1.CC#CC. The van der Waals surface area contributed by atoms with E-state index in [1.807, 2.05) is 33.8 Å². The zero-order valence-corrected chi connectivity index (χ0v) is 14.3. The molecule has 0 unspecified atom stereocenters. The highest BCUT2D eigenvalue weighted by atomic mass is 16.3. The highest BCUT2D eigenvalue weighted by molar-refractivity contribution is 5.70. The molecule has 1 rings (SSSR count). The molecule has 0 aliphatic heterocycles. The standard InChI is InChI=1S/C16H24O.C4H6/c1-4-7-8-9-11-15-12-13-16(17-15)14(6-3)10-5-2;1-3-4-2/h5-6,10,12-13H,4,7-9,11H2,1-3H3;1-2H3/b10-5-,14-6+;. The quantitative estimate of drug-likeness (QED) is 0.320. The van der Waals surface area contributed by atoms with Gasteiger partial charge in [-0.2, -0.15) is 0 Å². The third-order valence-corrected chi connectivity index (χ3v) is 3.13. The highest BCUT2D eigenvalue weighted by Gasteiger charge is 2.04. The maximum absolute atomic E-state index is 5.85. The summed E-state index contributed by atoms with van der Waals surface area (Å²) in [5, 5.41) is 0. The maximum Gasteiger partial charge on any atom is 0.133 e. The first-order valence-corrected chi connectivity index (χ1v) is 7.94. The molecule has 0 fully saturated rings. The van der Waals surface area contributed by atoms with Gasteiger partial charge in [-0.05, 0) is 46.2 Å². The molecule has 21 heavy (non-hydrogen) atoms. The van der Waals surface area contributed by atoms with Gasteiger partial charge in [0.05, 0.1) is 0 Å². The third kappa shape index (κ3) is 8.97. The Kier molecular flexibility index (Phi) is 12.2. The Morgan fingerprint density at radius 1 is 1.10 bits per heavy atom. The molecule has 1 aromatic heterocycles. The van der Waals surface area contributed by atoms with Gasteiger partial charge in [-0.15, -0.1) is 11.8 Å². The van der Waals surface area contributed by atoms with Crippen LogP contribution < -0.4 is 0 Å². The van der Waals surface area contributed by atoms with Crippen molar-refractivity contribution in [2.75, 3.05) is 0 Å². The Hall–Kier alpha value is -1.68. The summed E-state index contributed by atoms with van der Waals surface area (Å²) in [6.45, 7) is 9.94. The van der Waals surface area contributed by atoms with E-state index in [0.717, 1.165) is 23.5 Å². The molecule has 0 bridgehead atoms. The third-order valence-electron chi connectivity index (χ3n) is 3.13. The molecule has 0 atom stereocenters. The predicted molar refractivity (Wildman–Crippen MR) is 94.1 cm³/mol. The molecule has 0 N–H and O–H groups in total. The van der Waals surface area contributed by atoms with E-state index in [0.29, 0.717) is 0 Å². The summed E-state index contributed by atoms with van der Waals surface area (Å²) in [5.41, 5.74) is 1.16. The van der Waals surface area contributed by atoms with Crippen molar-refractivity contribution in [1.82, 2.24) is 0 Å². The summed E-state index contributed by atoms with van der Waals surface area (Å²) < 4.78 is 5.85. The summed E-state index contributed by atoms with van der Waals surface area (Å²) in [6.07, 6.45) is 12.4. The van der Waals surface area contributed by atoms with Crippen LogP contribution in [0.1, 0.15) is 71.8 Å². The number of hydrogen-bond acceptors (Lipinski definition) is 1. The minimum absolute atomic E-state index is 0.982. The number of aryl methyl sites for hydroxylation is 1. The Balaban J connectivity index is 0.000000885. The van der Waals surface area contributed by atoms with Gasteiger partial charge in [0, 0.05) is 12.0 Å². The Morgan fingerprint density at radius 3 is 2.33 bits per heavy atom. The number of hydrogen-bond donors (Lipinski definition) is 0. The molecule has 0 amide bonds. The number of allylic oxidation sites excluding steroid dienone is 4. The largest absolute Gasteiger partial charge is 0.461 e. The van der Waals surface area contributed by atoms with E-state index in [1.165, 1.54) is 25.7 Å². The van der Waals surface area contributed by atoms with Gasteiger partial charge in [-0.1, -0.05) is 44.4 Å². The van der Waals surface area contributed by atoms with Gasteiger partial charge in [-0.25, -0.2) is 0 Å². The van der Waals surface area contributed by atoms with Crippen LogP contribution in [0.2, 0.25) is 0 Å². The van der Waals surface area contributed by atoms with Gasteiger partial charge in [-0.3, -0.25) is 0 Å². The van der Waals surface area contributed by atoms with Gasteiger partial charge >= 0.3 is 0 Å². The highest BCUT2D eigenvalue weighted by Crippen LogP contribution is 2.20. The zero-order valence-electron chi connectivity index (χ0n) is 14.3. The molecule has 1 heterocycles. The van der Waals surface area contributed by atoms with Crippen molar-refractivity contribution in [1.29, 1.82) is 0 Å². The molecular formula is C20H30O. The molecule has 0 aliphatic rings. The molecule has 1 heteroatoms. The first-order valence-electron chi connectivity index (χ1n) is 7.94. The average Bonchev–Trinajstić information content (AvgIpc) is 2.98. The minimum Gasteiger partial charge on any atom is -0.461 e. The topological polar surface area (TPSA) is 13.1 Å².